The van der Waals surface area contributed by atoms with Crippen molar-refractivity contribution in [2.45, 2.75) is 12.5 Å². The van der Waals surface area contributed by atoms with E-state index >= 15 is 0 Å². The zero-order valence-electron chi connectivity index (χ0n) is 11.9. The molecular weight excluding hydrogens is 262 g/mol. The summed E-state index contributed by atoms with van der Waals surface area (Å²) in [5.74, 6) is -0.942. The first-order chi connectivity index (χ1) is 10.2. The molecule has 1 aliphatic rings. The maximum absolute atomic E-state index is 11.6. The molecule has 0 radical (unpaired) electrons. The van der Waals surface area contributed by atoms with E-state index in [0.717, 1.165) is 18.7 Å². The largest absolute Gasteiger partial charge is 0.481 e. The molecule has 2 atom stereocenters. The van der Waals surface area contributed by atoms with Crippen LogP contribution < -0.4 is 0 Å². The zero-order chi connectivity index (χ0) is 14.7. The summed E-state index contributed by atoms with van der Waals surface area (Å²) in [6.07, 6.45) is 0. The lowest BCUT2D eigenvalue weighted by Crippen LogP contribution is -2.23. The van der Waals surface area contributed by atoms with Crippen molar-refractivity contribution in [2.75, 3.05) is 13.1 Å². The first kappa shape index (κ1) is 13.8. The van der Waals surface area contributed by atoms with Crippen LogP contribution in [0.5, 0.6) is 0 Å². The quantitative estimate of drug-likeness (QED) is 0.936. The van der Waals surface area contributed by atoms with Gasteiger partial charge in [-0.2, -0.15) is 0 Å². The maximum Gasteiger partial charge on any atom is 0.308 e. The van der Waals surface area contributed by atoms with Crippen LogP contribution in [0.2, 0.25) is 0 Å². The van der Waals surface area contributed by atoms with Gasteiger partial charge in [0.2, 0.25) is 0 Å². The van der Waals surface area contributed by atoms with Crippen molar-refractivity contribution in [1.29, 1.82) is 0 Å². The highest BCUT2D eigenvalue weighted by Crippen LogP contribution is 2.33. The standard InChI is InChI=1S/C18H19NO2/c20-18(21)17-13-19(11-14-7-3-1-4-8-14)12-16(17)15-9-5-2-6-10-15/h1-10,16-17H,11-13H2,(H,20,21)/t16-,17?/m0/s1. The molecule has 108 valence electrons. The fourth-order valence-electron chi connectivity index (χ4n) is 3.14. The van der Waals surface area contributed by atoms with Crippen LogP contribution in [0.1, 0.15) is 17.0 Å². The number of hydrogen-bond acceptors (Lipinski definition) is 2. The highest BCUT2D eigenvalue weighted by atomic mass is 16.4. The van der Waals surface area contributed by atoms with E-state index in [1.54, 1.807) is 0 Å². The molecule has 0 aliphatic carbocycles. The van der Waals surface area contributed by atoms with E-state index < -0.39 is 5.97 Å². The SMILES string of the molecule is O=C(O)C1CN(Cc2ccccc2)C[C@H]1c1ccccc1. The lowest BCUT2D eigenvalue weighted by molar-refractivity contribution is -0.141. The van der Waals surface area contributed by atoms with Gasteiger partial charge in [-0.25, -0.2) is 0 Å². The summed E-state index contributed by atoms with van der Waals surface area (Å²) in [6.45, 7) is 2.23. The van der Waals surface area contributed by atoms with Crippen LogP contribution in [0.3, 0.4) is 0 Å². The molecule has 1 heterocycles. The van der Waals surface area contributed by atoms with Crippen LogP contribution in [0.15, 0.2) is 60.7 Å². The molecule has 1 saturated heterocycles. The number of hydrogen-bond donors (Lipinski definition) is 1. The van der Waals surface area contributed by atoms with E-state index in [2.05, 4.69) is 17.0 Å². The van der Waals surface area contributed by atoms with Crippen molar-refractivity contribution in [3.8, 4) is 0 Å². The van der Waals surface area contributed by atoms with E-state index in [1.807, 2.05) is 48.5 Å². The van der Waals surface area contributed by atoms with Crippen LogP contribution in [-0.2, 0) is 11.3 Å². The molecule has 0 amide bonds. The van der Waals surface area contributed by atoms with Crippen LogP contribution >= 0.6 is 0 Å². The molecule has 0 bridgehead atoms. The van der Waals surface area contributed by atoms with Gasteiger partial charge in [0, 0.05) is 25.6 Å². The summed E-state index contributed by atoms with van der Waals surface area (Å²) < 4.78 is 0. The van der Waals surface area contributed by atoms with Crippen molar-refractivity contribution in [1.82, 2.24) is 4.90 Å². The molecule has 3 heteroatoms. The lowest BCUT2D eigenvalue weighted by Gasteiger charge is -2.16. The first-order valence-corrected chi connectivity index (χ1v) is 7.28. The molecule has 2 aromatic rings. The minimum absolute atomic E-state index is 0.0763. The number of rotatable bonds is 4. The van der Waals surface area contributed by atoms with Gasteiger partial charge < -0.3 is 5.11 Å². The fourth-order valence-corrected chi connectivity index (χ4v) is 3.14. The Morgan fingerprint density at radius 3 is 2.24 bits per heavy atom. The summed E-state index contributed by atoms with van der Waals surface area (Å²) in [5.41, 5.74) is 2.36. The first-order valence-electron chi connectivity index (χ1n) is 7.28. The van der Waals surface area contributed by atoms with Crippen LogP contribution in [0.25, 0.3) is 0 Å². The van der Waals surface area contributed by atoms with Crippen LogP contribution in [0.4, 0.5) is 0 Å². The maximum atomic E-state index is 11.6. The highest BCUT2D eigenvalue weighted by molar-refractivity contribution is 5.72. The van der Waals surface area contributed by atoms with Gasteiger partial charge in [-0.05, 0) is 11.1 Å². The Labute approximate surface area is 124 Å². The monoisotopic (exact) mass is 281 g/mol. The Balaban J connectivity index is 1.77. The van der Waals surface area contributed by atoms with Gasteiger partial charge in [-0.3, -0.25) is 9.69 Å². The topological polar surface area (TPSA) is 40.5 Å². The van der Waals surface area contributed by atoms with E-state index in [0.29, 0.717) is 6.54 Å². The van der Waals surface area contributed by atoms with Crippen LogP contribution in [-0.4, -0.2) is 29.1 Å². The van der Waals surface area contributed by atoms with Crippen molar-refractivity contribution in [3.05, 3.63) is 71.8 Å². The Morgan fingerprint density at radius 1 is 1.00 bits per heavy atom. The summed E-state index contributed by atoms with van der Waals surface area (Å²) in [5, 5.41) is 9.50. The van der Waals surface area contributed by atoms with E-state index in [1.165, 1.54) is 5.56 Å². The van der Waals surface area contributed by atoms with E-state index in [9.17, 15) is 9.90 Å². The predicted octanol–water partition coefficient (Wildman–Crippen LogP) is 2.99. The zero-order valence-corrected chi connectivity index (χ0v) is 11.9. The number of likely N-dealkylation sites (tertiary alicyclic amines) is 1. The average molecular weight is 281 g/mol. The van der Waals surface area contributed by atoms with E-state index in [4.69, 9.17) is 0 Å². The van der Waals surface area contributed by atoms with Gasteiger partial charge >= 0.3 is 5.97 Å². The summed E-state index contributed by atoms with van der Waals surface area (Å²) in [6, 6.07) is 20.2. The Bertz CT molecular complexity index is 597. The Morgan fingerprint density at radius 2 is 1.62 bits per heavy atom. The predicted molar refractivity (Wildman–Crippen MR) is 82.0 cm³/mol. The summed E-state index contributed by atoms with van der Waals surface area (Å²) in [7, 11) is 0. The van der Waals surface area contributed by atoms with Crippen molar-refractivity contribution in [2.24, 2.45) is 5.92 Å². The minimum atomic E-state index is -0.695. The second-order valence-corrected chi connectivity index (χ2v) is 5.64. The molecule has 3 nitrogen and oxygen atoms in total. The molecule has 2 aromatic carbocycles. The smallest absolute Gasteiger partial charge is 0.308 e. The Hall–Kier alpha value is -2.13. The molecule has 3 rings (SSSR count). The molecule has 1 N–H and O–H groups in total. The number of carboxylic acid groups (broad SMARTS) is 1. The van der Waals surface area contributed by atoms with Gasteiger partial charge in [-0.15, -0.1) is 0 Å². The van der Waals surface area contributed by atoms with Crippen molar-refractivity contribution < 1.29 is 9.90 Å². The van der Waals surface area contributed by atoms with Gasteiger partial charge in [0.25, 0.3) is 0 Å². The minimum Gasteiger partial charge on any atom is -0.481 e. The molecule has 0 spiro atoms. The number of carbonyl (C=O) groups is 1. The molecule has 1 unspecified atom stereocenters. The fraction of sp³-hybridized carbons (Fsp3) is 0.278. The Kier molecular flexibility index (Phi) is 4.02. The third kappa shape index (κ3) is 3.14. The van der Waals surface area contributed by atoms with Crippen molar-refractivity contribution >= 4 is 5.97 Å². The molecular formula is C18H19NO2. The number of nitrogens with zero attached hydrogens (tertiary/aromatic N) is 1. The summed E-state index contributed by atoms with van der Waals surface area (Å²) >= 11 is 0. The third-order valence-electron chi connectivity index (χ3n) is 4.19. The summed E-state index contributed by atoms with van der Waals surface area (Å²) in [4.78, 5) is 13.8. The average Bonchev–Trinajstić information content (AvgIpc) is 2.93. The number of aliphatic carboxylic acids is 1. The van der Waals surface area contributed by atoms with Crippen molar-refractivity contribution in [3.63, 3.8) is 0 Å². The lowest BCUT2D eigenvalue weighted by atomic mass is 9.89. The second kappa shape index (κ2) is 6.10. The molecule has 1 aliphatic heterocycles. The molecule has 21 heavy (non-hydrogen) atoms. The highest BCUT2D eigenvalue weighted by Gasteiger charge is 2.38. The van der Waals surface area contributed by atoms with E-state index in [-0.39, 0.29) is 11.8 Å². The van der Waals surface area contributed by atoms with Gasteiger partial charge in [-0.1, -0.05) is 60.7 Å². The van der Waals surface area contributed by atoms with Crippen LogP contribution in [0, 0.1) is 5.92 Å². The molecule has 1 fully saturated rings. The van der Waals surface area contributed by atoms with Gasteiger partial charge in [0.15, 0.2) is 0 Å². The van der Waals surface area contributed by atoms with Gasteiger partial charge in [0.05, 0.1) is 5.92 Å². The molecule has 0 aromatic heterocycles. The number of carboxylic acids is 1. The second-order valence-electron chi connectivity index (χ2n) is 5.64. The third-order valence-corrected chi connectivity index (χ3v) is 4.19. The normalized spacial score (nSPS) is 22.3. The number of benzene rings is 2. The van der Waals surface area contributed by atoms with Gasteiger partial charge in [0.1, 0.15) is 0 Å². The molecule has 0 saturated carbocycles.